The Labute approximate surface area is 451 Å². The van der Waals surface area contributed by atoms with Gasteiger partial charge in [0.15, 0.2) is 0 Å². The summed E-state index contributed by atoms with van der Waals surface area (Å²) >= 11 is 1.89. The quantitative estimate of drug-likeness (QED) is 0.140. The summed E-state index contributed by atoms with van der Waals surface area (Å²) in [7, 11) is 0. The van der Waals surface area contributed by atoms with E-state index >= 15 is 0 Å². The lowest BCUT2D eigenvalue weighted by atomic mass is 9.91. The average molecular weight is 997 g/mol. The first kappa shape index (κ1) is 44.7. The fourth-order valence-corrected chi connectivity index (χ4v) is 13.2. The minimum absolute atomic E-state index is 1.08. The fourth-order valence-electron chi connectivity index (χ4n) is 12.0. The van der Waals surface area contributed by atoms with E-state index < -0.39 is 0 Å². The molecule has 360 valence electrons. The molecule has 3 heteroatoms. The molecule has 0 fully saturated rings. The van der Waals surface area contributed by atoms with Crippen molar-refractivity contribution in [1.82, 2.24) is 4.57 Å². The maximum atomic E-state index is 2.47. The Bertz CT molecular complexity index is 4710. The van der Waals surface area contributed by atoms with E-state index in [1.165, 1.54) is 114 Å². The van der Waals surface area contributed by atoms with E-state index in [1.54, 1.807) is 0 Å². The van der Waals surface area contributed by atoms with Crippen LogP contribution in [0.4, 0.5) is 17.1 Å². The first-order valence-corrected chi connectivity index (χ1v) is 27.2. The Hall–Kier alpha value is -9.80. The molecular weight excluding hydrogens is 949 g/mol. The Kier molecular flexibility index (Phi) is 10.8. The molecule has 0 saturated carbocycles. The highest BCUT2D eigenvalue weighted by Crippen LogP contribution is 2.50. The highest BCUT2D eigenvalue weighted by atomic mass is 32.1. The van der Waals surface area contributed by atoms with Gasteiger partial charge < -0.3 is 9.47 Å². The highest BCUT2D eigenvalue weighted by Gasteiger charge is 2.23. The molecule has 0 aliphatic rings. The van der Waals surface area contributed by atoms with E-state index in [9.17, 15) is 0 Å². The normalized spacial score (nSPS) is 11.6. The number of aromatic nitrogens is 1. The Morgan fingerprint density at radius 1 is 0.286 bits per heavy atom. The van der Waals surface area contributed by atoms with Crippen LogP contribution in [0.2, 0.25) is 0 Å². The zero-order chi connectivity index (χ0) is 50.8. The molecule has 0 spiro atoms. The van der Waals surface area contributed by atoms with Crippen molar-refractivity contribution < 1.29 is 0 Å². The van der Waals surface area contributed by atoms with E-state index in [0.29, 0.717) is 0 Å². The lowest BCUT2D eigenvalue weighted by molar-refractivity contribution is 1.18. The lowest BCUT2D eigenvalue weighted by Gasteiger charge is -2.27. The lowest BCUT2D eigenvalue weighted by Crippen LogP contribution is -2.10. The van der Waals surface area contributed by atoms with Crippen LogP contribution in [0.5, 0.6) is 0 Å². The van der Waals surface area contributed by atoms with Crippen LogP contribution >= 0.6 is 11.3 Å². The molecule has 15 aromatic rings. The predicted molar refractivity (Wildman–Crippen MR) is 331 cm³/mol. The van der Waals surface area contributed by atoms with E-state index in [0.717, 1.165) is 28.3 Å². The second-order valence-electron chi connectivity index (χ2n) is 20.0. The van der Waals surface area contributed by atoms with E-state index in [2.05, 4.69) is 301 Å². The van der Waals surface area contributed by atoms with Crippen molar-refractivity contribution >= 4 is 91.9 Å². The zero-order valence-electron chi connectivity index (χ0n) is 42.0. The summed E-state index contributed by atoms with van der Waals surface area (Å²) in [4.78, 5) is 2.47. The van der Waals surface area contributed by atoms with Crippen LogP contribution in [0.3, 0.4) is 0 Å². The van der Waals surface area contributed by atoms with Gasteiger partial charge in [0.25, 0.3) is 0 Å². The number of hydrogen-bond acceptors (Lipinski definition) is 2. The van der Waals surface area contributed by atoms with Crippen molar-refractivity contribution in [2.45, 2.75) is 0 Å². The molecule has 13 aromatic carbocycles. The number of anilines is 3. The molecule has 0 N–H and O–H groups in total. The van der Waals surface area contributed by atoms with Crippen molar-refractivity contribution in [1.29, 1.82) is 0 Å². The molecule has 2 nitrogen and oxygen atoms in total. The number of benzene rings is 13. The molecule has 0 atom stereocenters. The number of hydrogen-bond donors (Lipinski definition) is 0. The smallest absolute Gasteiger partial charge is 0.0555 e. The number of thiophene rings is 1. The van der Waals surface area contributed by atoms with Gasteiger partial charge in [-0.1, -0.05) is 224 Å². The second-order valence-corrected chi connectivity index (χ2v) is 21.0. The fraction of sp³-hybridized carbons (Fsp3) is 0. The van der Waals surface area contributed by atoms with Gasteiger partial charge in [-0.25, -0.2) is 0 Å². The topological polar surface area (TPSA) is 8.17 Å². The van der Waals surface area contributed by atoms with Crippen molar-refractivity contribution in [3.05, 3.63) is 291 Å². The molecule has 0 radical (unpaired) electrons. The second kappa shape index (κ2) is 18.5. The van der Waals surface area contributed by atoms with Gasteiger partial charge in [-0.05, 0) is 138 Å². The molecule has 2 heterocycles. The minimum atomic E-state index is 1.08. The number of nitrogens with zero attached hydrogens (tertiary/aromatic N) is 2. The van der Waals surface area contributed by atoms with E-state index in [4.69, 9.17) is 0 Å². The number of rotatable bonds is 9. The molecule has 0 amide bonds. The van der Waals surface area contributed by atoms with Gasteiger partial charge in [0.05, 0.1) is 16.7 Å². The maximum absolute atomic E-state index is 2.47. The van der Waals surface area contributed by atoms with Crippen LogP contribution in [-0.4, -0.2) is 4.57 Å². The Morgan fingerprint density at radius 2 is 0.818 bits per heavy atom. The summed E-state index contributed by atoms with van der Waals surface area (Å²) in [5, 5.41) is 10.0. The highest BCUT2D eigenvalue weighted by molar-refractivity contribution is 7.26. The molecule has 0 aliphatic heterocycles. The van der Waals surface area contributed by atoms with E-state index in [1.807, 2.05) is 11.3 Å². The Morgan fingerprint density at radius 3 is 1.60 bits per heavy atom. The van der Waals surface area contributed by atoms with Gasteiger partial charge >= 0.3 is 0 Å². The van der Waals surface area contributed by atoms with Crippen LogP contribution in [0.25, 0.3) is 125 Å². The number of para-hydroxylation sites is 2. The monoisotopic (exact) mass is 996 g/mol. The summed E-state index contributed by atoms with van der Waals surface area (Å²) in [6.07, 6.45) is 0. The van der Waals surface area contributed by atoms with Gasteiger partial charge in [0.1, 0.15) is 0 Å². The molecule has 2 aromatic heterocycles. The average Bonchev–Trinajstić information content (AvgIpc) is 4.16. The summed E-state index contributed by atoms with van der Waals surface area (Å²) in [5.74, 6) is 0. The number of fused-ring (bicyclic) bond motifs is 8. The van der Waals surface area contributed by atoms with Gasteiger partial charge in [-0.3, -0.25) is 0 Å². The molecule has 0 bridgehead atoms. The van der Waals surface area contributed by atoms with Crippen LogP contribution < -0.4 is 4.90 Å². The molecule has 0 saturated heterocycles. The summed E-state index contributed by atoms with van der Waals surface area (Å²) in [5.41, 5.74) is 18.9. The maximum Gasteiger partial charge on any atom is 0.0555 e. The summed E-state index contributed by atoms with van der Waals surface area (Å²) in [6.45, 7) is 0. The van der Waals surface area contributed by atoms with Gasteiger partial charge in [-0.2, -0.15) is 0 Å². The minimum Gasteiger partial charge on any atom is -0.310 e. The Balaban J connectivity index is 0.867. The van der Waals surface area contributed by atoms with Crippen molar-refractivity contribution in [3.8, 4) is 61.3 Å². The van der Waals surface area contributed by atoms with Crippen LogP contribution in [0.1, 0.15) is 0 Å². The third-order valence-corrected chi connectivity index (χ3v) is 16.8. The van der Waals surface area contributed by atoms with Gasteiger partial charge in [0.2, 0.25) is 0 Å². The third-order valence-electron chi connectivity index (χ3n) is 15.6. The van der Waals surface area contributed by atoms with Gasteiger partial charge in [-0.15, -0.1) is 11.3 Å². The van der Waals surface area contributed by atoms with Crippen LogP contribution in [0.15, 0.2) is 291 Å². The summed E-state index contributed by atoms with van der Waals surface area (Å²) < 4.78 is 4.95. The molecule has 77 heavy (non-hydrogen) atoms. The van der Waals surface area contributed by atoms with Crippen LogP contribution in [-0.2, 0) is 0 Å². The van der Waals surface area contributed by atoms with E-state index in [-0.39, 0.29) is 0 Å². The van der Waals surface area contributed by atoms with Crippen molar-refractivity contribution in [3.63, 3.8) is 0 Å². The predicted octanol–water partition coefficient (Wildman–Crippen LogP) is 21.3. The standard InChI is InChI=1S/C74H48N2S/c1-2-20-57(21-3-1)76-68-29-12-10-25-66(68)72-64(28-15-30-69(72)76)62-24-9-8-23-61(62)54-40-44-59(45-41-54)75(58-42-38-51(39-43-58)50-32-34-52(35-33-50)56-37-36-49-16-4-5-18-55(49)48-56)70-47-46-65(63-27-14-19-53-17-6-7-22-60(53)63)74-73(70)67-26-11-13-31-71(67)77-74/h1-48H. The van der Waals surface area contributed by atoms with Crippen LogP contribution in [0, 0.1) is 0 Å². The molecule has 15 rings (SSSR count). The van der Waals surface area contributed by atoms with Crippen molar-refractivity contribution in [2.75, 3.05) is 4.90 Å². The molecule has 0 unspecified atom stereocenters. The first-order valence-electron chi connectivity index (χ1n) is 26.4. The third kappa shape index (κ3) is 7.62. The molecular formula is C74H48N2S. The van der Waals surface area contributed by atoms with Crippen molar-refractivity contribution in [2.24, 2.45) is 0 Å². The largest absolute Gasteiger partial charge is 0.310 e. The zero-order valence-corrected chi connectivity index (χ0v) is 42.8. The molecule has 0 aliphatic carbocycles. The first-order chi connectivity index (χ1) is 38.2. The summed E-state index contributed by atoms with van der Waals surface area (Å²) in [6, 6.07) is 107. The SMILES string of the molecule is c1ccc(-n2c3ccccc3c3c(-c4ccccc4-c4ccc(N(c5ccc(-c6ccc(-c7ccc8ccccc8c7)cc6)cc5)c5ccc(-c6cccc7ccccc67)c6sc7ccccc7c56)cc4)cccc32)cc1. The van der Waals surface area contributed by atoms with Gasteiger partial charge in [0, 0.05) is 53.6 Å².